The summed E-state index contributed by atoms with van der Waals surface area (Å²) in [5.74, 6) is 0. The molecule has 1 atom stereocenters. The van der Waals surface area contributed by atoms with Gasteiger partial charge in [-0.2, -0.15) is 0 Å². The molecule has 0 aromatic rings. The lowest BCUT2D eigenvalue weighted by molar-refractivity contribution is 0.103. The fourth-order valence-electron chi connectivity index (χ4n) is 3.61. The highest BCUT2D eigenvalue weighted by molar-refractivity contribution is 4.82. The van der Waals surface area contributed by atoms with E-state index in [9.17, 15) is 0 Å². The van der Waals surface area contributed by atoms with Crippen molar-refractivity contribution in [1.29, 1.82) is 0 Å². The topological polar surface area (TPSA) is 18.5 Å². The van der Waals surface area contributed by atoms with Crippen LogP contribution in [0.4, 0.5) is 0 Å². The van der Waals surface area contributed by atoms with Gasteiger partial charge in [0.15, 0.2) is 0 Å². The minimum atomic E-state index is 0.666. The first-order chi connectivity index (χ1) is 9.20. The molecule has 2 rings (SSSR count). The molecule has 0 spiro atoms. The predicted molar refractivity (Wildman–Crippen MR) is 82.6 cm³/mol. The van der Waals surface area contributed by atoms with Crippen molar-refractivity contribution in [2.75, 3.05) is 33.2 Å². The van der Waals surface area contributed by atoms with Crippen molar-refractivity contribution in [2.24, 2.45) is 0 Å². The number of nitrogens with one attached hydrogen (secondary N) is 1. The fourth-order valence-corrected chi connectivity index (χ4v) is 3.61. The summed E-state index contributed by atoms with van der Waals surface area (Å²) in [4.78, 5) is 5.20. The number of hydrogen-bond acceptors (Lipinski definition) is 3. The minimum Gasteiger partial charge on any atom is -0.312 e. The second-order valence-electron chi connectivity index (χ2n) is 6.57. The average molecular weight is 267 g/mol. The molecule has 0 amide bonds. The van der Waals surface area contributed by atoms with Crippen LogP contribution >= 0.6 is 0 Å². The Morgan fingerprint density at radius 2 is 1.79 bits per heavy atom. The first-order valence-electron chi connectivity index (χ1n) is 8.38. The van der Waals surface area contributed by atoms with E-state index < -0.39 is 0 Å². The maximum Gasteiger partial charge on any atom is 0.0192 e. The molecule has 1 heterocycles. The molecule has 1 saturated heterocycles. The second-order valence-corrected chi connectivity index (χ2v) is 6.57. The molecule has 1 unspecified atom stereocenters. The third-order valence-corrected chi connectivity index (χ3v) is 5.33. The van der Waals surface area contributed by atoms with Gasteiger partial charge in [-0.1, -0.05) is 19.8 Å². The van der Waals surface area contributed by atoms with Gasteiger partial charge in [-0.15, -0.1) is 0 Å². The van der Waals surface area contributed by atoms with Crippen LogP contribution in [-0.4, -0.2) is 61.2 Å². The summed E-state index contributed by atoms with van der Waals surface area (Å²) in [5.41, 5.74) is 0. The van der Waals surface area contributed by atoms with Gasteiger partial charge in [0.1, 0.15) is 0 Å². The van der Waals surface area contributed by atoms with E-state index in [0.29, 0.717) is 6.04 Å². The van der Waals surface area contributed by atoms with Gasteiger partial charge in [0.2, 0.25) is 0 Å². The Hall–Kier alpha value is -0.120. The zero-order valence-electron chi connectivity index (χ0n) is 13.2. The van der Waals surface area contributed by atoms with Crippen LogP contribution in [0.2, 0.25) is 0 Å². The largest absolute Gasteiger partial charge is 0.312 e. The Morgan fingerprint density at radius 1 is 1.16 bits per heavy atom. The van der Waals surface area contributed by atoms with Crippen LogP contribution in [0.5, 0.6) is 0 Å². The Kier molecular flexibility index (Phi) is 6.11. The third kappa shape index (κ3) is 4.44. The molecule has 1 saturated carbocycles. The van der Waals surface area contributed by atoms with Gasteiger partial charge in [-0.3, -0.25) is 4.90 Å². The normalized spacial score (nSPS) is 25.3. The highest BCUT2D eigenvalue weighted by Crippen LogP contribution is 2.19. The smallest absolute Gasteiger partial charge is 0.0192 e. The molecular formula is C16H33N3. The molecule has 1 aliphatic carbocycles. The molecule has 3 nitrogen and oxygen atoms in total. The first-order valence-corrected chi connectivity index (χ1v) is 8.38. The summed E-state index contributed by atoms with van der Waals surface area (Å²) >= 11 is 0. The van der Waals surface area contributed by atoms with Crippen LogP contribution in [0.15, 0.2) is 0 Å². The SMILES string of the molecule is CCN1CCC(N(C)C(C)CNC2CCCC2)CC1. The van der Waals surface area contributed by atoms with Crippen LogP contribution in [0, 0.1) is 0 Å². The molecule has 1 aliphatic heterocycles. The lowest BCUT2D eigenvalue weighted by Gasteiger charge is -2.39. The van der Waals surface area contributed by atoms with Crippen LogP contribution in [0.1, 0.15) is 52.4 Å². The summed E-state index contributed by atoms with van der Waals surface area (Å²) in [6.45, 7) is 9.61. The van der Waals surface area contributed by atoms with Gasteiger partial charge < -0.3 is 10.2 Å². The first kappa shape index (κ1) is 15.3. The summed E-state index contributed by atoms with van der Waals surface area (Å²) in [5, 5.41) is 3.77. The second kappa shape index (κ2) is 7.61. The van der Waals surface area contributed by atoms with E-state index in [-0.39, 0.29) is 0 Å². The van der Waals surface area contributed by atoms with Crippen molar-refractivity contribution in [2.45, 2.75) is 70.5 Å². The number of hydrogen-bond donors (Lipinski definition) is 1. The molecule has 2 aliphatic rings. The molecule has 112 valence electrons. The van der Waals surface area contributed by atoms with Gasteiger partial charge in [-0.25, -0.2) is 0 Å². The molecule has 0 aromatic heterocycles. The number of rotatable bonds is 6. The lowest BCUT2D eigenvalue weighted by Crippen LogP contribution is -2.49. The van der Waals surface area contributed by atoms with E-state index in [0.717, 1.165) is 18.6 Å². The molecule has 0 bridgehead atoms. The van der Waals surface area contributed by atoms with Gasteiger partial charge in [0.25, 0.3) is 0 Å². The molecule has 1 N–H and O–H groups in total. The van der Waals surface area contributed by atoms with Gasteiger partial charge >= 0.3 is 0 Å². The van der Waals surface area contributed by atoms with Crippen molar-refractivity contribution in [1.82, 2.24) is 15.1 Å². The number of nitrogens with zero attached hydrogens (tertiary/aromatic N) is 2. The Labute approximate surface area is 119 Å². The van der Waals surface area contributed by atoms with Crippen molar-refractivity contribution in [3.05, 3.63) is 0 Å². The monoisotopic (exact) mass is 267 g/mol. The molecular weight excluding hydrogens is 234 g/mol. The third-order valence-electron chi connectivity index (χ3n) is 5.33. The molecule has 0 radical (unpaired) electrons. The molecule has 3 heteroatoms. The van der Waals surface area contributed by atoms with Crippen LogP contribution in [0.25, 0.3) is 0 Å². The quantitative estimate of drug-likeness (QED) is 0.797. The fraction of sp³-hybridized carbons (Fsp3) is 1.00. The molecule has 0 aromatic carbocycles. The van der Waals surface area contributed by atoms with Crippen molar-refractivity contribution >= 4 is 0 Å². The maximum atomic E-state index is 3.77. The minimum absolute atomic E-state index is 0.666. The summed E-state index contributed by atoms with van der Waals surface area (Å²) in [6.07, 6.45) is 8.33. The van der Waals surface area contributed by atoms with E-state index in [1.165, 1.54) is 58.2 Å². The molecule has 2 fully saturated rings. The Morgan fingerprint density at radius 3 is 2.37 bits per heavy atom. The lowest BCUT2D eigenvalue weighted by atomic mass is 10.0. The number of likely N-dealkylation sites (N-methyl/N-ethyl adjacent to an activating group) is 1. The van der Waals surface area contributed by atoms with Crippen molar-refractivity contribution in [3.8, 4) is 0 Å². The number of likely N-dealkylation sites (tertiary alicyclic amines) is 1. The van der Waals surface area contributed by atoms with Crippen LogP contribution < -0.4 is 5.32 Å². The maximum absolute atomic E-state index is 3.77. The average Bonchev–Trinajstić information content (AvgIpc) is 2.97. The van der Waals surface area contributed by atoms with Crippen molar-refractivity contribution < 1.29 is 0 Å². The summed E-state index contributed by atoms with van der Waals surface area (Å²) in [6, 6.07) is 2.26. The zero-order chi connectivity index (χ0) is 13.7. The zero-order valence-corrected chi connectivity index (χ0v) is 13.2. The van der Waals surface area contributed by atoms with Crippen LogP contribution in [0.3, 0.4) is 0 Å². The summed E-state index contributed by atoms with van der Waals surface area (Å²) in [7, 11) is 2.33. The standard InChI is InChI=1S/C16H33N3/c1-4-19-11-9-16(10-12-19)18(3)14(2)13-17-15-7-5-6-8-15/h14-17H,4-13H2,1-3H3. The van der Waals surface area contributed by atoms with E-state index in [2.05, 4.69) is 36.0 Å². The Balaban J connectivity index is 1.68. The van der Waals surface area contributed by atoms with E-state index in [1.54, 1.807) is 0 Å². The van der Waals surface area contributed by atoms with E-state index >= 15 is 0 Å². The van der Waals surface area contributed by atoms with Gasteiger partial charge in [-0.05, 0) is 59.3 Å². The predicted octanol–water partition coefficient (Wildman–Crippen LogP) is 2.32. The Bertz CT molecular complexity index is 242. The van der Waals surface area contributed by atoms with Gasteiger partial charge in [0, 0.05) is 24.7 Å². The van der Waals surface area contributed by atoms with Crippen molar-refractivity contribution in [3.63, 3.8) is 0 Å². The highest BCUT2D eigenvalue weighted by atomic mass is 15.2. The molecule has 19 heavy (non-hydrogen) atoms. The van der Waals surface area contributed by atoms with Gasteiger partial charge in [0.05, 0.1) is 0 Å². The summed E-state index contributed by atoms with van der Waals surface area (Å²) < 4.78 is 0. The number of piperidine rings is 1. The highest BCUT2D eigenvalue weighted by Gasteiger charge is 2.25. The van der Waals surface area contributed by atoms with E-state index in [4.69, 9.17) is 0 Å². The van der Waals surface area contributed by atoms with E-state index in [1.807, 2.05) is 0 Å². The van der Waals surface area contributed by atoms with Crippen LogP contribution in [-0.2, 0) is 0 Å².